The Morgan fingerprint density at radius 2 is 2.07 bits per heavy atom. The number of anilines is 1. The number of ether oxygens (including phenoxy) is 2. The van der Waals surface area contributed by atoms with Crippen LogP contribution in [-0.2, 0) is 9.59 Å². The lowest BCUT2D eigenvalue weighted by Gasteiger charge is -2.18. The minimum Gasteiger partial charge on any atom is -0.482 e. The molecule has 0 spiro atoms. The first-order valence-corrected chi connectivity index (χ1v) is 8.99. The number of carbonyl (C=O) groups is 2. The molecular weight excluding hydrogens is 358 g/mol. The van der Waals surface area contributed by atoms with E-state index in [-0.39, 0.29) is 18.4 Å². The van der Waals surface area contributed by atoms with E-state index in [4.69, 9.17) is 9.47 Å². The van der Waals surface area contributed by atoms with Crippen LogP contribution in [-0.4, -0.2) is 30.2 Å². The summed E-state index contributed by atoms with van der Waals surface area (Å²) in [4.78, 5) is 23.8. The highest BCUT2D eigenvalue weighted by Gasteiger charge is 2.18. The quantitative estimate of drug-likeness (QED) is 0.616. The van der Waals surface area contributed by atoms with Gasteiger partial charge in [-0.3, -0.25) is 9.59 Å². The van der Waals surface area contributed by atoms with Crippen LogP contribution in [0.2, 0.25) is 0 Å². The lowest BCUT2D eigenvalue weighted by molar-refractivity contribution is -0.127. The molecule has 2 aromatic rings. The smallest absolute Gasteiger partial charge is 0.280 e. The van der Waals surface area contributed by atoms with Gasteiger partial charge >= 0.3 is 0 Å². The van der Waals surface area contributed by atoms with Crippen LogP contribution in [0.3, 0.4) is 0 Å². The molecule has 7 heteroatoms. The second-order valence-corrected chi connectivity index (χ2v) is 6.68. The summed E-state index contributed by atoms with van der Waals surface area (Å²) in [7, 11) is 0. The van der Waals surface area contributed by atoms with Crippen molar-refractivity contribution in [3.63, 3.8) is 0 Å². The third-order valence-corrected chi connectivity index (χ3v) is 4.59. The molecule has 1 aliphatic rings. The molecule has 0 saturated heterocycles. The van der Waals surface area contributed by atoms with Crippen molar-refractivity contribution in [3.05, 3.63) is 53.1 Å². The maximum absolute atomic E-state index is 12.3. The van der Waals surface area contributed by atoms with Crippen LogP contribution in [0, 0.1) is 13.8 Å². The molecule has 7 nitrogen and oxygen atoms in total. The number of fused-ring (bicyclic) bond motifs is 1. The zero-order valence-electron chi connectivity index (χ0n) is 16.3. The number of amides is 2. The van der Waals surface area contributed by atoms with Gasteiger partial charge in [-0.15, -0.1) is 0 Å². The Bertz CT molecular complexity index is 953. The molecule has 0 aromatic heterocycles. The molecule has 2 amide bonds. The number of nitrogens with zero attached hydrogens (tertiary/aromatic N) is 1. The van der Waals surface area contributed by atoms with Crippen molar-refractivity contribution in [2.24, 2.45) is 5.10 Å². The van der Waals surface area contributed by atoms with Crippen LogP contribution >= 0.6 is 0 Å². The summed E-state index contributed by atoms with van der Waals surface area (Å²) < 4.78 is 11.1. The molecule has 2 N–H and O–H groups in total. The molecule has 146 valence electrons. The summed E-state index contributed by atoms with van der Waals surface area (Å²) in [6, 6.07) is 11.1. The zero-order valence-corrected chi connectivity index (χ0v) is 16.3. The third kappa shape index (κ3) is 4.31. The van der Waals surface area contributed by atoms with Crippen molar-refractivity contribution in [2.45, 2.75) is 33.8 Å². The van der Waals surface area contributed by atoms with E-state index < -0.39 is 6.10 Å². The molecule has 3 rings (SSSR count). The fraction of sp³-hybridized carbons (Fsp3) is 0.286. The highest BCUT2D eigenvalue weighted by Crippen LogP contribution is 2.28. The molecule has 0 aliphatic carbocycles. The van der Waals surface area contributed by atoms with Gasteiger partial charge in [0.2, 0.25) is 0 Å². The number of aryl methyl sites for hydroxylation is 1. The summed E-state index contributed by atoms with van der Waals surface area (Å²) in [5.74, 6) is 0.726. The van der Waals surface area contributed by atoms with E-state index in [9.17, 15) is 9.59 Å². The van der Waals surface area contributed by atoms with Crippen LogP contribution < -0.4 is 20.2 Å². The molecule has 1 unspecified atom stereocenters. The number of hydrogen-bond donors (Lipinski definition) is 2. The Balaban J connectivity index is 1.65. The first-order chi connectivity index (χ1) is 13.3. The van der Waals surface area contributed by atoms with Crippen LogP contribution in [0.15, 0.2) is 41.5 Å². The minimum atomic E-state index is -0.701. The Morgan fingerprint density at radius 3 is 2.86 bits per heavy atom. The number of carbonyl (C=O) groups excluding carboxylic acids is 2. The Kier molecular flexibility index (Phi) is 5.63. The zero-order chi connectivity index (χ0) is 20.3. The summed E-state index contributed by atoms with van der Waals surface area (Å²) in [5, 5.41) is 6.90. The van der Waals surface area contributed by atoms with Gasteiger partial charge in [-0.25, -0.2) is 5.43 Å². The monoisotopic (exact) mass is 381 g/mol. The molecule has 1 atom stereocenters. The molecule has 28 heavy (non-hydrogen) atoms. The summed E-state index contributed by atoms with van der Waals surface area (Å²) >= 11 is 0. The van der Waals surface area contributed by atoms with E-state index in [1.165, 1.54) is 0 Å². The minimum absolute atomic E-state index is 0.00772. The van der Waals surface area contributed by atoms with Gasteiger partial charge in [0.25, 0.3) is 11.8 Å². The van der Waals surface area contributed by atoms with Gasteiger partial charge in [0, 0.05) is 0 Å². The SMILES string of the molecule is C/C(=N\NC(=O)C(C)Oc1cccc(C)c1C)c1ccc2c(c1)NC(=O)CO2. The first-order valence-electron chi connectivity index (χ1n) is 8.99. The van der Waals surface area contributed by atoms with E-state index in [0.717, 1.165) is 16.7 Å². The van der Waals surface area contributed by atoms with Crippen molar-refractivity contribution in [2.75, 3.05) is 11.9 Å². The van der Waals surface area contributed by atoms with Gasteiger partial charge in [0.05, 0.1) is 11.4 Å². The standard InChI is InChI=1S/C21H23N3O4/c1-12-6-5-7-18(13(12)2)28-15(4)21(26)24-23-14(3)16-8-9-19-17(10-16)22-20(25)11-27-19/h5-10,15H,11H2,1-4H3,(H,22,25)(H,24,26)/b23-14+. The fourth-order valence-electron chi connectivity index (χ4n) is 2.70. The van der Waals surface area contributed by atoms with E-state index in [2.05, 4.69) is 15.8 Å². The summed E-state index contributed by atoms with van der Waals surface area (Å²) in [6.45, 7) is 7.40. The maximum atomic E-state index is 12.3. The van der Waals surface area contributed by atoms with E-state index in [1.54, 1.807) is 26.0 Å². The van der Waals surface area contributed by atoms with Crippen molar-refractivity contribution in [1.82, 2.24) is 5.43 Å². The van der Waals surface area contributed by atoms with Crippen LogP contribution in [0.4, 0.5) is 5.69 Å². The second-order valence-electron chi connectivity index (χ2n) is 6.68. The van der Waals surface area contributed by atoms with E-state index in [1.807, 2.05) is 38.1 Å². The Morgan fingerprint density at radius 1 is 1.29 bits per heavy atom. The molecule has 0 radical (unpaired) electrons. The van der Waals surface area contributed by atoms with Crippen molar-refractivity contribution in [1.29, 1.82) is 0 Å². The molecule has 0 bridgehead atoms. The topological polar surface area (TPSA) is 89.0 Å². The Hall–Kier alpha value is -3.35. The lowest BCUT2D eigenvalue weighted by atomic mass is 10.1. The number of hydrazone groups is 1. The predicted molar refractivity (Wildman–Crippen MR) is 107 cm³/mol. The lowest BCUT2D eigenvalue weighted by Crippen LogP contribution is -2.34. The number of rotatable bonds is 5. The highest BCUT2D eigenvalue weighted by molar-refractivity contribution is 6.02. The molecule has 2 aromatic carbocycles. The van der Waals surface area contributed by atoms with E-state index in [0.29, 0.717) is 22.9 Å². The van der Waals surface area contributed by atoms with Gasteiger partial charge < -0.3 is 14.8 Å². The number of benzene rings is 2. The average Bonchev–Trinajstić information content (AvgIpc) is 2.68. The van der Waals surface area contributed by atoms with Crippen LogP contribution in [0.25, 0.3) is 0 Å². The Labute approximate surface area is 163 Å². The fourth-order valence-corrected chi connectivity index (χ4v) is 2.70. The third-order valence-electron chi connectivity index (χ3n) is 4.59. The molecule has 0 fully saturated rings. The number of nitrogens with one attached hydrogen (secondary N) is 2. The van der Waals surface area contributed by atoms with Gasteiger partial charge in [-0.2, -0.15) is 5.10 Å². The average molecular weight is 381 g/mol. The van der Waals surface area contributed by atoms with Gasteiger partial charge in [0.1, 0.15) is 11.5 Å². The van der Waals surface area contributed by atoms with Crippen LogP contribution in [0.5, 0.6) is 11.5 Å². The van der Waals surface area contributed by atoms with Gasteiger partial charge in [-0.05, 0) is 68.7 Å². The number of hydrogen-bond acceptors (Lipinski definition) is 5. The van der Waals surface area contributed by atoms with E-state index >= 15 is 0 Å². The second kappa shape index (κ2) is 8.12. The van der Waals surface area contributed by atoms with Crippen molar-refractivity contribution >= 4 is 23.2 Å². The summed E-state index contributed by atoms with van der Waals surface area (Å²) in [5.41, 5.74) is 6.56. The largest absolute Gasteiger partial charge is 0.482 e. The van der Waals surface area contributed by atoms with Crippen molar-refractivity contribution in [3.8, 4) is 11.5 Å². The summed E-state index contributed by atoms with van der Waals surface area (Å²) in [6.07, 6.45) is -0.701. The first kappa shape index (κ1) is 19.4. The molecule has 1 heterocycles. The molecular formula is C21H23N3O4. The van der Waals surface area contributed by atoms with Gasteiger partial charge in [0.15, 0.2) is 12.7 Å². The van der Waals surface area contributed by atoms with Crippen molar-refractivity contribution < 1.29 is 19.1 Å². The maximum Gasteiger partial charge on any atom is 0.280 e. The van der Waals surface area contributed by atoms with Crippen LogP contribution in [0.1, 0.15) is 30.5 Å². The highest BCUT2D eigenvalue weighted by atomic mass is 16.5. The predicted octanol–water partition coefficient (Wildman–Crippen LogP) is 2.94. The van der Waals surface area contributed by atoms with Gasteiger partial charge in [-0.1, -0.05) is 12.1 Å². The normalized spacial score (nSPS) is 14.4. The molecule has 0 saturated carbocycles. The molecule has 1 aliphatic heterocycles.